The van der Waals surface area contributed by atoms with Crippen molar-refractivity contribution in [3.8, 4) is 0 Å². The van der Waals surface area contributed by atoms with Crippen LogP contribution in [0.3, 0.4) is 0 Å². The van der Waals surface area contributed by atoms with Gasteiger partial charge in [-0.1, -0.05) is 0 Å². The molecule has 1 saturated heterocycles. The fourth-order valence-corrected chi connectivity index (χ4v) is 3.96. The zero-order valence-electron chi connectivity index (χ0n) is 9.34. The van der Waals surface area contributed by atoms with Crippen molar-refractivity contribution in [3.05, 3.63) is 5.82 Å². The van der Waals surface area contributed by atoms with Crippen molar-refractivity contribution in [1.29, 1.82) is 0 Å². The monoisotopic (exact) mass is 245 g/mol. The summed E-state index contributed by atoms with van der Waals surface area (Å²) in [5, 5.41) is 14.8. The summed E-state index contributed by atoms with van der Waals surface area (Å²) in [6.45, 7) is 2.35. The molecule has 8 heteroatoms. The Morgan fingerprint density at radius 1 is 1.56 bits per heavy atom. The lowest BCUT2D eigenvalue weighted by molar-refractivity contribution is 0.390. The number of hydrogen-bond donors (Lipinski definition) is 1. The fourth-order valence-electron chi connectivity index (χ4n) is 1.84. The summed E-state index contributed by atoms with van der Waals surface area (Å²) in [5.41, 5.74) is -0.363. The van der Waals surface area contributed by atoms with Crippen molar-refractivity contribution in [2.45, 2.75) is 25.4 Å². The normalized spacial score (nSPS) is 28.4. The lowest BCUT2D eigenvalue weighted by atomic mass is 10.0. The molecule has 0 spiro atoms. The third kappa shape index (κ3) is 2.56. The zero-order chi connectivity index (χ0) is 11.8. The minimum atomic E-state index is -2.88. The SMILES string of the molecule is Cn1nnc(CNC2(C)CCS(=O)(=O)C2)n1. The van der Waals surface area contributed by atoms with E-state index in [-0.39, 0.29) is 17.0 Å². The molecule has 0 amide bonds. The van der Waals surface area contributed by atoms with E-state index in [1.54, 1.807) is 7.05 Å². The molecule has 1 N–H and O–H groups in total. The summed E-state index contributed by atoms with van der Waals surface area (Å²) in [6, 6.07) is 0. The van der Waals surface area contributed by atoms with Crippen LogP contribution in [0.4, 0.5) is 0 Å². The van der Waals surface area contributed by atoms with Crippen LogP contribution in [0.5, 0.6) is 0 Å². The van der Waals surface area contributed by atoms with E-state index >= 15 is 0 Å². The topological polar surface area (TPSA) is 89.8 Å². The van der Waals surface area contributed by atoms with E-state index in [4.69, 9.17) is 0 Å². The Morgan fingerprint density at radius 3 is 2.81 bits per heavy atom. The van der Waals surface area contributed by atoms with Gasteiger partial charge in [0.2, 0.25) is 0 Å². The molecule has 16 heavy (non-hydrogen) atoms. The van der Waals surface area contributed by atoms with Crippen molar-refractivity contribution in [2.75, 3.05) is 11.5 Å². The standard InChI is InChI=1S/C8H15N5O2S/c1-8(3-4-16(14,15)6-8)9-5-7-10-12-13(2)11-7/h9H,3-6H2,1-2H3. The van der Waals surface area contributed by atoms with Gasteiger partial charge in [0.25, 0.3) is 0 Å². The first-order chi connectivity index (χ1) is 7.39. The minimum absolute atomic E-state index is 0.181. The van der Waals surface area contributed by atoms with Crippen LogP contribution >= 0.6 is 0 Å². The molecule has 1 unspecified atom stereocenters. The maximum absolute atomic E-state index is 11.4. The molecule has 0 aromatic carbocycles. The minimum Gasteiger partial charge on any atom is -0.303 e. The lowest BCUT2D eigenvalue weighted by Crippen LogP contribution is -2.43. The molecule has 1 fully saturated rings. The van der Waals surface area contributed by atoms with Gasteiger partial charge in [-0.25, -0.2) is 8.42 Å². The molecule has 0 bridgehead atoms. The fraction of sp³-hybridized carbons (Fsp3) is 0.875. The van der Waals surface area contributed by atoms with Crippen LogP contribution in [-0.2, 0) is 23.4 Å². The summed E-state index contributed by atoms with van der Waals surface area (Å²) in [7, 11) is -1.18. The Labute approximate surface area is 94.1 Å². The lowest BCUT2D eigenvalue weighted by Gasteiger charge is -2.22. The zero-order valence-corrected chi connectivity index (χ0v) is 10.2. The molecule has 90 valence electrons. The molecule has 0 radical (unpaired) electrons. The molecule has 0 saturated carbocycles. The van der Waals surface area contributed by atoms with E-state index in [1.165, 1.54) is 4.80 Å². The van der Waals surface area contributed by atoms with Crippen LogP contribution in [-0.4, -0.2) is 45.7 Å². The van der Waals surface area contributed by atoms with Gasteiger partial charge in [0.15, 0.2) is 15.7 Å². The summed E-state index contributed by atoms with van der Waals surface area (Å²) in [4.78, 5) is 1.38. The number of aromatic nitrogens is 4. The van der Waals surface area contributed by atoms with Gasteiger partial charge in [-0.05, 0) is 18.6 Å². The molecule has 2 heterocycles. The highest BCUT2D eigenvalue weighted by molar-refractivity contribution is 7.91. The summed E-state index contributed by atoms with van der Waals surface area (Å²) < 4.78 is 22.7. The maximum atomic E-state index is 11.4. The van der Waals surface area contributed by atoms with Crippen LogP contribution in [0.1, 0.15) is 19.2 Å². The predicted molar refractivity (Wildman–Crippen MR) is 57.3 cm³/mol. The van der Waals surface area contributed by atoms with Gasteiger partial charge in [0, 0.05) is 5.54 Å². The molecule has 0 aliphatic carbocycles. The third-order valence-electron chi connectivity index (χ3n) is 2.73. The number of tetrazole rings is 1. The van der Waals surface area contributed by atoms with Gasteiger partial charge >= 0.3 is 0 Å². The van der Waals surface area contributed by atoms with E-state index < -0.39 is 9.84 Å². The Hall–Kier alpha value is -1.02. The first-order valence-corrected chi connectivity index (χ1v) is 6.89. The van der Waals surface area contributed by atoms with E-state index in [0.717, 1.165) is 0 Å². The highest BCUT2D eigenvalue weighted by Crippen LogP contribution is 2.22. The second-order valence-corrected chi connectivity index (χ2v) is 6.64. The van der Waals surface area contributed by atoms with Gasteiger partial charge in [0.05, 0.1) is 25.1 Å². The molecule has 7 nitrogen and oxygen atoms in total. The van der Waals surface area contributed by atoms with Crippen LogP contribution in [0.2, 0.25) is 0 Å². The number of nitrogens with one attached hydrogen (secondary N) is 1. The Morgan fingerprint density at radius 2 is 2.31 bits per heavy atom. The highest BCUT2D eigenvalue weighted by Gasteiger charge is 2.37. The van der Waals surface area contributed by atoms with E-state index in [2.05, 4.69) is 20.7 Å². The van der Waals surface area contributed by atoms with Gasteiger partial charge in [-0.3, -0.25) is 0 Å². The van der Waals surface area contributed by atoms with Crippen molar-refractivity contribution in [1.82, 2.24) is 25.5 Å². The number of rotatable bonds is 3. The average molecular weight is 245 g/mol. The Bertz CT molecular complexity index is 482. The molecular formula is C8H15N5O2S. The molecule has 1 aliphatic heterocycles. The molecule has 1 aromatic heterocycles. The van der Waals surface area contributed by atoms with Crippen molar-refractivity contribution < 1.29 is 8.42 Å². The van der Waals surface area contributed by atoms with Gasteiger partial charge < -0.3 is 5.32 Å². The van der Waals surface area contributed by atoms with Crippen molar-refractivity contribution in [2.24, 2.45) is 7.05 Å². The third-order valence-corrected chi connectivity index (χ3v) is 4.63. The van der Waals surface area contributed by atoms with E-state index in [1.807, 2.05) is 6.92 Å². The predicted octanol–water partition coefficient (Wildman–Crippen LogP) is -1.12. The number of sulfone groups is 1. The first kappa shape index (κ1) is 11.5. The van der Waals surface area contributed by atoms with Gasteiger partial charge in [0.1, 0.15) is 0 Å². The van der Waals surface area contributed by atoms with Crippen LogP contribution in [0.25, 0.3) is 0 Å². The summed E-state index contributed by atoms with van der Waals surface area (Å²) in [6.07, 6.45) is 0.635. The number of nitrogens with zero attached hydrogens (tertiary/aromatic N) is 4. The average Bonchev–Trinajstić information content (AvgIpc) is 2.69. The summed E-state index contributed by atoms with van der Waals surface area (Å²) >= 11 is 0. The largest absolute Gasteiger partial charge is 0.303 e. The Kier molecular flexibility index (Phi) is 2.70. The van der Waals surface area contributed by atoms with Crippen molar-refractivity contribution in [3.63, 3.8) is 0 Å². The van der Waals surface area contributed by atoms with Crippen molar-refractivity contribution >= 4 is 9.84 Å². The molecule has 1 atom stereocenters. The number of hydrogen-bond acceptors (Lipinski definition) is 6. The molecule has 1 aliphatic rings. The van der Waals surface area contributed by atoms with E-state index in [0.29, 0.717) is 18.8 Å². The molecule has 1 aromatic rings. The second kappa shape index (κ2) is 3.77. The number of aryl methyl sites for hydroxylation is 1. The van der Waals surface area contributed by atoms with Gasteiger partial charge in [-0.2, -0.15) is 4.80 Å². The Balaban J connectivity index is 1.96. The van der Waals surface area contributed by atoms with Crippen LogP contribution < -0.4 is 5.32 Å². The smallest absolute Gasteiger partial charge is 0.188 e. The second-order valence-electron chi connectivity index (χ2n) is 4.45. The summed E-state index contributed by atoms with van der Waals surface area (Å²) in [5.74, 6) is 1.01. The maximum Gasteiger partial charge on any atom is 0.188 e. The molecule has 2 rings (SSSR count). The highest BCUT2D eigenvalue weighted by atomic mass is 32.2. The van der Waals surface area contributed by atoms with Crippen LogP contribution in [0.15, 0.2) is 0 Å². The van der Waals surface area contributed by atoms with Gasteiger partial charge in [-0.15, -0.1) is 10.2 Å². The quantitative estimate of drug-likeness (QED) is 0.725. The first-order valence-electron chi connectivity index (χ1n) is 5.07. The van der Waals surface area contributed by atoms with Crippen LogP contribution in [0, 0.1) is 0 Å². The van der Waals surface area contributed by atoms with E-state index in [9.17, 15) is 8.42 Å². The molecular weight excluding hydrogens is 230 g/mol.